The van der Waals surface area contributed by atoms with Crippen LogP contribution in [0.25, 0.3) is 10.9 Å². The highest BCUT2D eigenvalue weighted by Crippen LogP contribution is 2.31. The Bertz CT molecular complexity index is 1250. The molecule has 7 nitrogen and oxygen atoms in total. The van der Waals surface area contributed by atoms with E-state index in [2.05, 4.69) is 19.6 Å². The molecule has 9 heteroatoms. The van der Waals surface area contributed by atoms with E-state index in [1.165, 1.54) is 11.3 Å². The van der Waals surface area contributed by atoms with Gasteiger partial charge in [0.25, 0.3) is 0 Å². The number of ether oxygens (including phenoxy) is 2. The maximum Gasteiger partial charge on any atom is 0.410 e. The minimum absolute atomic E-state index is 0.0560. The number of benzene rings is 1. The van der Waals surface area contributed by atoms with Crippen LogP contribution < -0.4 is 0 Å². The van der Waals surface area contributed by atoms with E-state index in [0.717, 1.165) is 42.1 Å². The highest BCUT2D eigenvalue weighted by atomic mass is 32.1. The zero-order valence-corrected chi connectivity index (χ0v) is 24.7. The largest absolute Gasteiger partial charge is 0.444 e. The van der Waals surface area contributed by atoms with Crippen LogP contribution in [0.4, 0.5) is 4.79 Å². The molecule has 1 aliphatic heterocycles. The fourth-order valence-corrected chi connectivity index (χ4v) is 6.06. The molecule has 0 unspecified atom stereocenters. The van der Waals surface area contributed by atoms with Crippen molar-refractivity contribution >= 4 is 42.2 Å². The quantitative estimate of drug-likeness (QED) is 0.179. The minimum Gasteiger partial charge on any atom is -0.444 e. The molecule has 1 amide bonds. The van der Waals surface area contributed by atoms with Gasteiger partial charge in [-0.2, -0.15) is 0 Å². The molecule has 0 N–H and O–H groups in total. The van der Waals surface area contributed by atoms with E-state index in [4.69, 9.17) is 14.5 Å². The first-order valence-corrected chi connectivity index (χ1v) is 17.6. The lowest BCUT2D eigenvalue weighted by Gasteiger charge is -2.32. The predicted octanol–water partition coefficient (Wildman–Crippen LogP) is 6.76. The molecule has 0 radical (unpaired) electrons. The highest BCUT2D eigenvalue weighted by Gasteiger charge is 2.29. The lowest BCUT2D eigenvalue weighted by molar-refractivity contribution is 0.0204. The van der Waals surface area contributed by atoms with Crippen molar-refractivity contribution in [3.63, 3.8) is 0 Å². The Labute approximate surface area is 224 Å². The van der Waals surface area contributed by atoms with Gasteiger partial charge in [0.2, 0.25) is 5.78 Å². The lowest BCUT2D eigenvalue weighted by Crippen LogP contribution is -2.41. The molecule has 0 spiro atoms. The standard InChI is InChI=1S/C28H39N3O4SSi/c1-28(2,3)35-27(33)30-13-11-20(12-14-30)23-18-36-26(29-23)25(32)22-17-31(19-34-15-16-37(4,5)6)24-10-8-7-9-21(22)24/h7-10,17-18,20H,11-16,19H2,1-6H3. The Morgan fingerprint density at radius 2 is 1.84 bits per heavy atom. The number of hydrogen-bond acceptors (Lipinski definition) is 6. The van der Waals surface area contributed by atoms with E-state index >= 15 is 0 Å². The average molecular weight is 542 g/mol. The number of rotatable bonds is 8. The van der Waals surface area contributed by atoms with Crippen molar-refractivity contribution in [2.45, 2.75) is 77.5 Å². The Morgan fingerprint density at radius 1 is 1.14 bits per heavy atom. The SMILES string of the molecule is CC(C)(C)OC(=O)N1CCC(c2csc(C(=O)c3cn(COCC[Si](C)(C)C)c4ccccc34)n2)CC1. The van der Waals surface area contributed by atoms with Crippen LogP contribution in [0.15, 0.2) is 35.8 Å². The number of carbonyl (C=O) groups excluding carboxylic acids is 2. The number of para-hydroxylation sites is 1. The molecule has 2 aromatic heterocycles. The van der Waals surface area contributed by atoms with Gasteiger partial charge in [0, 0.05) is 50.7 Å². The third-order valence-electron chi connectivity index (χ3n) is 6.54. The van der Waals surface area contributed by atoms with Gasteiger partial charge in [0.1, 0.15) is 12.3 Å². The third-order valence-corrected chi connectivity index (χ3v) is 9.10. The summed E-state index contributed by atoms with van der Waals surface area (Å²) in [7, 11) is -1.16. The molecule has 0 atom stereocenters. The first kappa shape index (κ1) is 27.5. The van der Waals surface area contributed by atoms with Gasteiger partial charge in [-0.05, 0) is 45.7 Å². The van der Waals surface area contributed by atoms with Crippen molar-refractivity contribution in [3.8, 4) is 0 Å². The number of amides is 1. The van der Waals surface area contributed by atoms with E-state index in [0.29, 0.717) is 30.4 Å². The molecule has 1 aliphatic rings. The van der Waals surface area contributed by atoms with Gasteiger partial charge in [0.15, 0.2) is 5.01 Å². The number of nitrogens with zero attached hydrogens (tertiary/aromatic N) is 3. The number of fused-ring (bicyclic) bond motifs is 1. The van der Waals surface area contributed by atoms with Crippen molar-refractivity contribution < 1.29 is 19.1 Å². The van der Waals surface area contributed by atoms with E-state index in [1.54, 1.807) is 4.90 Å². The first-order valence-electron chi connectivity index (χ1n) is 13.0. The smallest absolute Gasteiger partial charge is 0.410 e. The van der Waals surface area contributed by atoms with Crippen LogP contribution >= 0.6 is 11.3 Å². The van der Waals surface area contributed by atoms with Gasteiger partial charge >= 0.3 is 6.09 Å². The Morgan fingerprint density at radius 3 is 2.51 bits per heavy atom. The first-order chi connectivity index (χ1) is 17.4. The zero-order valence-electron chi connectivity index (χ0n) is 22.9. The van der Waals surface area contributed by atoms with Crippen molar-refractivity contribution in [2.24, 2.45) is 0 Å². The van der Waals surface area contributed by atoms with Gasteiger partial charge in [-0.15, -0.1) is 11.3 Å². The van der Waals surface area contributed by atoms with Crippen LogP contribution in [0.1, 0.15) is 60.6 Å². The molecule has 0 saturated carbocycles. The number of aromatic nitrogens is 2. The molecule has 3 aromatic rings. The second-order valence-electron chi connectivity index (χ2n) is 12.0. The molecule has 0 bridgehead atoms. The Kier molecular flexibility index (Phi) is 8.25. The van der Waals surface area contributed by atoms with Crippen LogP contribution in [0.5, 0.6) is 0 Å². The zero-order chi connectivity index (χ0) is 26.8. The molecule has 0 aliphatic carbocycles. The van der Waals surface area contributed by atoms with Crippen LogP contribution in [0, 0.1) is 0 Å². The number of piperidine rings is 1. The summed E-state index contributed by atoms with van der Waals surface area (Å²) < 4.78 is 13.5. The number of carbonyl (C=O) groups is 2. The van der Waals surface area contributed by atoms with Gasteiger partial charge in [0.05, 0.1) is 16.8 Å². The third kappa shape index (κ3) is 7.09. The number of likely N-dealkylation sites (tertiary alicyclic amines) is 1. The van der Waals surface area contributed by atoms with Crippen molar-refractivity contribution in [1.29, 1.82) is 0 Å². The second kappa shape index (κ2) is 11.1. The lowest BCUT2D eigenvalue weighted by atomic mass is 9.94. The van der Waals surface area contributed by atoms with E-state index in [-0.39, 0.29) is 17.8 Å². The molecule has 37 heavy (non-hydrogen) atoms. The molecule has 1 fully saturated rings. The average Bonchev–Trinajstić information content (AvgIpc) is 3.46. The van der Waals surface area contributed by atoms with Gasteiger partial charge in [-0.1, -0.05) is 37.8 Å². The van der Waals surface area contributed by atoms with Crippen molar-refractivity contribution in [2.75, 3.05) is 19.7 Å². The van der Waals surface area contributed by atoms with Crippen LogP contribution in [0.2, 0.25) is 25.7 Å². The summed E-state index contributed by atoms with van der Waals surface area (Å²) in [6.45, 7) is 15.1. The molecule has 1 saturated heterocycles. The summed E-state index contributed by atoms with van der Waals surface area (Å²) in [5, 5.41) is 3.43. The van der Waals surface area contributed by atoms with Gasteiger partial charge in [-0.3, -0.25) is 4.79 Å². The topological polar surface area (TPSA) is 73.7 Å². The van der Waals surface area contributed by atoms with Crippen molar-refractivity contribution in [1.82, 2.24) is 14.5 Å². The number of ketones is 1. The molecule has 3 heterocycles. The van der Waals surface area contributed by atoms with Crippen LogP contribution in [0.3, 0.4) is 0 Å². The summed E-state index contributed by atoms with van der Waals surface area (Å²) in [5.74, 6) is 0.178. The molecular formula is C28H39N3O4SSi. The fourth-order valence-electron chi connectivity index (χ4n) is 4.45. The van der Waals surface area contributed by atoms with E-state index < -0.39 is 13.7 Å². The summed E-state index contributed by atoms with van der Waals surface area (Å²) >= 11 is 1.40. The van der Waals surface area contributed by atoms with Crippen molar-refractivity contribution in [3.05, 3.63) is 52.1 Å². The highest BCUT2D eigenvalue weighted by molar-refractivity contribution is 7.12. The second-order valence-corrected chi connectivity index (χ2v) is 18.5. The fraction of sp³-hybridized carbons (Fsp3) is 0.536. The molecule has 4 rings (SSSR count). The molecule has 200 valence electrons. The normalized spacial score (nSPS) is 15.4. The maximum absolute atomic E-state index is 13.5. The molecule has 1 aromatic carbocycles. The summed E-state index contributed by atoms with van der Waals surface area (Å²) in [4.78, 5) is 32.4. The summed E-state index contributed by atoms with van der Waals surface area (Å²) in [6.07, 6.45) is 3.26. The molecular weight excluding hydrogens is 502 g/mol. The van der Waals surface area contributed by atoms with Gasteiger partial charge in [-0.25, -0.2) is 9.78 Å². The predicted molar refractivity (Wildman–Crippen MR) is 151 cm³/mol. The minimum atomic E-state index is -1.16. The monoisotopic (exact) mass is 541 g/mol. The van der Waals surface area contributed by atoms with Crippen LogP contribution in [-0.2, 0) is 16.2 Å². The summed E-state index contributed by atoms with van der Waals surface area (Å²) in [6, 6.07) is 9.07. The summed E-state index contributed by atoms with van der Waals surface area (Å²) in [5.41, 5.74) is 2.09. The number of thiazole rings is 1. The number of hydrogen-bond donors (Lipinski definition) is 0. The Hall–Kier alpha value is -2.49. The van der Waals surface area contributed by atoms with E-state index in [9.17, 15) is 9.59 Å². The van der Waals surface area contributed by atoms with E-state index in [1.807, 2.05) is 61.2 Å². The maximum atomic E-state index is 13.5. The Balaban J connectivity index is 1.43. The van der Waals surface area contributed by atoms with Crippen LogP contribution in [-0.4, -0.2) is 59.7 Å². The van der Waals surface area contributed by atoms with Gasteiger partial charge < -0.3 is 18.9 Å².